The van der Waals surface area contributed by atoms with Gasteiger partial charge in [-0.1, -0.05) is 46.3 Å². The largest absolute Gasteiger partial charge is 0.289 e. The van der Waals surface area contributed by atoms with Crippen molar-refractivity contribution in [2.45, 2.75) is 0 Å². The van der Waals surface area contributed by atoms with E-state index >= 15 is 0 Å². The summed E-state index contributed by atoms with van der Waals surface area (Å²) in [6.45, 7) is 0. The third kappa shape index (κ3) is 2.40. The number of hydrogen-bond donors (Lipinski definition) is 0. The van der Waals surface area contributed by atoms with E-state index in [0.717, 1.165) is 10.2 Å². The summed E-state index contributed by atoms with van der Waals surface area (Å²) >= 11 is 3.41. The number of aromatic nitrogens is 3. The highest BCUT2D eigenvalue weighted by atomic mass is 79.9. The first kappa shape index (κ1) is 12.7. The van der Waals surface area contributed by atoms with E-state index in [0.29, 0.717) is 11.1 Å². The zero-order chi connectivity index (χ0) is 13.9. The maximum Gasteiger partial charge on any atom is 0.195 e. The van der Waals surface area contributed by atoms with Crippen LogP contribution in [0.5, 0.6) is 0 Å². The highest BCUT2D eigenvalue weighted by Crippen LogP contribution is 2.22. The van der Waals surface area contributed by atoms with Gasteiger partial charge in [0.05, 0.1) is 5.69 Å². The highest BCUT2D eigenvalue weighted by Gasteiger charge is 2.15. The third-order valence-corrected chi connectivity index (χ3v) is 3.43. The van der Waals surface area contributed by atoms with Crippen LogP contribution in [0.1, 0.15) is 15.9 Å². The lowest BCUT2D eigenvalue weighted by atomic mass is 10.0. The Hall–Kier alpha value is -2.27. The van der Waals surface area contributed by atoms with E-state index in [1.165, 1.54) is 0 Å². The summed E-state index contributed by atoms with van der Waals surface area (Å²) in [6.07, 6.45) is 3.15. The van der Waals surface area contributed by atoms with E-state index in [4.69, 9.17) is 0 Å². The molecule has 0 saturated heterocycles. The quantitative estimate of drug-likeness (QED) is 0.694. The molecule has 0 amide bonds. The number of benzene rings is 2. The van der Waals surface area contributed by atoms with Crippen molar-refractivity contribution in [2.75, 3.05) is 0 Å². The molecular weight excluding hydrogens is 318 g/mol. The van der Waals surface area contributed by atoms with Crippen LogP contribution in [-0.2, 0) is 0 Å². The van der Waals surface area contributed by atoms with E-state index < -0.39 is 0 Å². The Morgan fingerprint density at radius 2 is 1.70 bits per heavy atom. The Labute approximate surface area is 124 Å². The molecule has 0 saturated carbocycles. The fraction of sp³-hybridized carbons (Fsp3) is 0. The fourth-order valence-corrected chi connectivity index (χ4v) is 2.35. The van der Waals surface area contributed by atoms with Gasteiger partial charge in [-0.25, -0.2) is 0 Å². The average molecular weight is 328 g/mol. The van der Waals surface area contributed by atoms with Gasteiger partial charge in [-0.3, -0.25) is 9.36 Å². The zero-order valence-corrected chi connectivity index (χ0v) is 12.0. The van der Waals surface area contributed by atoms with Crippen molar-refractivity contribution in [1.82, 2.24) is 14.8 Å². The van der Waals surface area contributed by atoms with Crippen LogP contribution in [0.15, 0.2) is 65.7 Å². The number of carbonyl (C=O) groups is 1. The average Bonchev–Trinajstić information content (AvgIpc) is 3.01. The summed E-state index contributed by atoms with van der Waals surface area (Å²) in [5, 5.41) is 7.57. The van der Waals surface area contributed by atoms with Crippen LogP contribution in [0.25, 0.3) is 5.69 Å². The molecule has 20 heavy (non-hydrogen) atoms. The van der Waals surface area contributed by atoms with E-state index in [9.17, 15) is 4.79 Å². The topological polar surface area (TPSA) is 47.8 Å². The summed E-state index contributed by atoms with van der Waals surface area (Å²) in [5.74, 6) is -0.0319. The predicted molar refractivity (Wildman–Crippen MR) is 78.9 cm³/mol. The number of hydrogen-bond acceptors (Lipinski definition) is 3. The number of carbonyl (C=O) groups excluding carboxylic acids is 1. The second-order valence-electron chi connectivity index (χ2n) is 4.23. The first-order valence-corrected chi connectivity index (χ1v) is 6.79. The zero-order valence-electron chi connectivity index (χ0n) is 10.4. The van der Waals surface area contributed by atoms with Crippen molar-refractivity contribution in [2.24, 2.45) is 0 Å². The van der Waals surface area contributed by atoms with Crippen LogP contribution in [0.4, 0.5) is 0 Å². The molecule has 3 aromatic rings. The summed E-state index contributed by atoms with van der Waals surface area (Å²) in [7, 11) is 0. The molecule has 3 rings (SSSR count). The molecule has 0 atom stereocenters. The second kappa shape index (κ2) is 5.38. The molecule has 0 unspecified atom stereocenters. The van der Waals surface area contributed by atoms with Crippen LogP contribution in [0.3, 0.4) is 0 Å². The summed E-state index contributed by atoms with van der Waals surface area (Å²) < 4.78 is 2.58. The lowest BCUT2D eigenvalue weighted by Gasteiger charge is -2.09. The van der Waals surface area contributed by atoms with Gasteiger partial charge < -0.3 is 0 Å². The van der Waals surface area contributed by atoms with E-state index in [1.54, 1.807) is 29.4 Å². The molecule has 98 valence electrons. The number of halogens is 1. The molecule has 1 heterocycles. The van der Waals surface area contributed by atoms with Gasteiger partial charge in [-0.15, -0.1) is 10.2 Å². The Kier molecular flexibility index (Phi) is 3.43. The Bertz CT molecular complexity index is 739. The smallest absolute Gasteiger partial charge is 0.195 e. The molecule has 0 aliphatic rings. The molecule has 0 fully saturated rings. The lowest BCUT2D eigenvalue weighted by Crippen LogP contribution is -2.06. The molecular formula is C15H10BrN3O. The van der Waals surface area contributed by atoms with Gasteiger partial charge in [0, 0.05) is 15.6 Å². The first-order chi connectivity index (χ1) is 9.75. The van der Waals surface area contributed by atoms with Gasteiger partial charge in [0.2, 0.25) is 0 Å². The molecule has 5 heteroatoms. The fourth-order valence-electron chi connectivity index (χ4n) is 1.99. The number of rotatable bonds is 3. The van der Waals surface area contributed by atoms with E-state index in [1.807, 2.05) is 36.4 Å². The van der Waals surface area contributed by atoms with Crippen molar-refractivity contribution < 1.29 is 4.79 Å². The molecule has 0 aliphatic carbocycles. The SMILES string of the molecule is O=C(c1ccccc1)c1cc(Br)ccc1-n1cnnc1. The van der Waals surface area contributed by atoms with Gasteiger partial charge in [-0.05, 0) is 18.2 Å². The number of nitrogens with zero attached hydrogens (tertiary/aromatic N) is 3. The maximum atomic E-state index is 12.6. The van der Waals surface area contributed by atoms with Crippen LogP contribution in [0, 0.1) is 0 Å². The molecule has 0 aliphatic heterocycles. The van der Waals surface area contributed by atoms with Gasteiger partial charge in [0.25, 0.3) is 0 Å². The molecule has 4 nitrogen and oxygen atoms in total. The van der Waals surface area contributed by atoms with E-state index in [2.05, 4.69) is 26.1 Å². The number of ketones is 1. The monoisotopic (exact) mass is 327 g/mol. The molecule has 0 radical (unpaired) electrons. The maximum absolute atomic E-state index is 12.6. The second-order valence-corrected chi connectivity index (χ2v) is 5.14. The van der Waals surface area contributed by atoms with Crippen LogP contribution in [0.2, 0.25) is 0 Å². The van der Waals surface area contributed by atoms with Crippen molar-refractivity contribution in [3.63, 3.8) is 0 Å². The van der Waals surface area contributed by atoms with Crippen molar-refractivity contribution >= 4 is 21.7 Å². The summed E-state index contributed by atoms with van der Waals surface area (Å²) in [5.41, 5.74) is 2.01. The Morgan fingerprint density at radius 1 is 1.00 bits per heavy atom. The van der Waals surface area contributed by atoms with Crippen LogP contribution >= 0.6 is 15.9 Å². The van der Waals surface area contributed by atoms with Gasteiger partial charge in [0.1, 0.15) is 12.7 Å². The molecule has 1 aromatic heterocycles. The van der Waals surface area contributed by atoms with Gasteiger partial charge >= 0.3 is 0 Å². The van der Waals surface area contributed by atoms with Gasteiger partial charge in [0.15, 0.2) is 5.78 Å². The minimum atomic E-state index is -0.0319. The molecule has 0 bridgehead atoms. The van der Waals surface area contributed by atoms with Crippen LogP contribution in [-0.4, -0.2) is 20.5 Å². The van der Waals surface area contributed by atoms with Crippen molar-refractivity contribution in [3.05, 3.63) is 76.8 Å². The molecule has 0 spiro atoms. The van der Waals surface area contributed by atoms with Gasteiger partial charge in [-0.2, -0.15) is 0 Å². The third-order valence-electron chi connectivity index (χ3n) is 2.94. The molecule has 2 aromatic carbocycles. The first-order valence-electron chi connectivity index (χ1n) is 6.00. The summed E-state index contributed by atoms with van der Waals surface area (Å²) in [4.78, 5) is 12.6. The minimum absolute atomic E-state index is 0.0319. The van der Waals surface area contributed by atoms with Crippen molar-refractivity contribution in [1.29, 1.82) is 0 Å². The minimum Gasteiger partial charge on any atom is -0.289 e. The van der Waals surface area contributed by atoms with Crippen molar-refractivity contribution in [3.8, 4) is 5.69 Å². The normalized spacial score (nSPS) is 10.4. The Balaban J connectivity index is 2.13. The van der Waals surface area contributed by atoms with E-state index in [-0.39, 0.29) is 5.78 Å². The lowest BCUT2D eigenvalue weighted by molar-refractivity contribution is 0.103. The molecule has 0 N–H and O–H groups in total. The van der Waals surface area contributed by atoms with Crippen LogP contribution < -0.4 is 0 Å². The predicted octanol–water partition coefficient (Wildman–Crippen LogP) is 3.26. The standard InChI is InChI=1S/C15H10BrN3O/c16-12-6-7-14(19-9-17-18-10-19)13(8-12)15(20)11-4-2-1-3-5-11/h1-10H. The Morgan fingerprint density at radius 3 is 2.40 bits per heavy atom. The summed E-state index contributed by atoms with van der Waals surface area (Å²) in [6, 6.07) is 14.8. The highest BCUT2D eigenvalue weighted by molar-refractivity contribution is 9.10.